The highest BCUT2D eigenvalue weighted by Crippen LogP contribution is 2.45. The van der Waals surface area contributed by atoms with Crippen LogP contribution >= 0.6 is 0 Å². The summed E-state index contributed by atoms with van der Waals surface area (Å²) in [7, 11) is 0. The number of amides is 1. The minimum Gasteiger partial charge on any atom is -0.444 e. The maximum absolute atomic E-state index is 12.1. The van der Waals surface area contributed by atoms with E-state index in [0.717, 1.165) is 19.4 Å². The van der Waals surface area contributed by atoms with Gasteiger partial charge in [0.2, 0.25) is 0 Å². The molecule has 0 radical (unpaired) electrons. The van der Waals surface area contributed by atoms with E-state index in [1.165, 1.54) is 0 Å². The fourth-order valence-corrected chi connectivity index (χ4v) is 3.21. The van der Waals surface area contributed by atoms with Gasteiger partial charge in [0, 0.05) is 25.9 Å². The Balaban J connectivity index is 0.00000112. The molecule has 0 spiro atoms. The standard InChI is InChI=1S/C15H25NO3.2C2H6/c1-14(2,3)19-13(18)16-8-7-15(4)9-12(17)6-5-11(15)10-16;2*1-2/h11H,5-10H2,1-4H3;2*1-2H3/t11-,15-;;/m0../s1. The van der Waals surface area contributed by atoms with E-state index in [4.69, 9.17) is 4.74 Å². The van der Waals surface area contributed by atoms with E-state index in [1.807, 2.05) is 53.4 Å². The molecule has 1 aliphatic carbocycles. The molecule has 0 aromatic carbocycles. The monoisotopic (exact) mass is 327 g/mol. The van der Waals surface area contributed by atoms with Crippen LogP contribution in [0.2, 0.25) is 0 Å². The molecule has 0 unspecified atom stereocenters. The molecule has 23 heavy (non-hydrogen) atoms. The molecule has 0 aromatic heterocycles. The van der Waals surface area contributed by atoms with Gasteiger partial charge in [0.15, 0.2) is 0 Å². The van der Waals surface area contributed by atoms with Crippen molar-refractivity contribution in [2.24, 2.45) is 11.3 Å². The first-order valence-corrected chi connectivity index (χ1v) is 9.19. The second kappa shape index (κ2) is 9.29. The molecule has 0 bridgehead atoms. The number of rotatable bonds is 0. The van der Waals surface area contributed by atoms with Crippen LogP contribution in [0, 0.1) is 11.3 Å². The van der Waals surface area contributed by atoms with Gasteiger partial charge >= 0.3 is 6.09 Å². The van der Waals surface area contributed by atoms with Crippen molar-refractivity contribution >= 4 is 11.9 Å². The van der Waals surface area contributed by atoms with Crippen molar-refractivity contribution in [1.29, 1.82) is 0 Å². The van der Waals surface area contributed by atoms with Crippen LogP contribution < -0.4 is 0 Å². The minimum absolute atomic E-state index is 0.0911. The van der Waals surface area contributed by atoms with E-state index >= 15 is 0 Å². The lowest BCUT2D eigenvalue weighted by Gasteiger charge is -2.48. The highest BCUT2D eigenvalue weighted by Gasteiger charge is 2.44. The van der Waals surface area contributed by atoms with E-state index in [2.05, 4.69) is 6.92 Å². The molecule has 1 aliphatic heterocycles. The summed E-state index contributed by atoms with van der Waals surface area (Å²) in [5.74, 6) is 0.816. The number of ether oxygens (including phenoxy) is 1. The van der Waals surface area contributed by atoms with Crippen molar-refractivity contribution in [2.45, 2.75) is 86.7 Å². The number of ketones is 1. The smallest absolute Gasteiger partial charge is 0.410 e. The van der Waals surface area contributed by atoms with E-state index in [9.17, 15) is 9.59 Å². The number of piperidine rings is 1. The van der Waals surface area contributed by atoms with Gasteiger partial charge in [0.25, 0.3) is 0 Å². The van der Waals surface area contributed by atoms with Gasteiger partial charge in [-0.2, -0.15) is 0 Å². The number of carbonyl (C=O) groups is 2. The number of likely N-dealkylation sites (tertiary alicyclic amines) is 1. The van der Waals surface area contributed by atoms with Gasteiger partial charge < -0.3 is 9.64 Å². The molecule has 4 heteroatoms. The third-order valence-electron chi connectivity index (χ3n) is 4.40. The van der Waals surface area contributed by atoms with Crippen LogP contribution in [0.15, 0.2) is 0 Å². The van der Waals surface area contributed by atoms with Crippen molar-refractivity contribution < 1.29 is 14.3 Å². The number of fused-ring (bicyclic) bond motifs is 1. The fourth-order valence-electron chi connectivity index (χ4n) is 3.21. The van der Waals surface area contributed by atoms with Crippen LogP contribution in [0.4, 0.5) is 4.79 Å². The summed E-state index contributed by atoms with van der Waals surface area (Å²) in [6.07, 6.45) is 2.95. The predicted octanol–water partition coefficient (Wildman–Crippen LogP) is 5.06. The van der Waals surface area contributed by atoms with Crippen molar-refractivity contribution in [3.8, 4) is 0 Å². The van der Waals surface area contributed by atoms with Crippen LogP contribution in [0.25, 0.3) is 0 Å². The van der Waals surface area contributed by atoms with E-state index in [1.54, 1.807) is 0 Å². The second-order valence-electron chi connectivity index (χ2n) is 7.28. The Hall–Kier alpha value is -1.06. The summed E-state index contributed by atoms with van der Waals surface area (Å²) in [4.78, 5) is 25.5. The lowest BCUT2D eigenvalue weighted by Crippen LogP contribution is -2.51. The first-order chi connectivity index (χ1) is 10.7. The molecule has 2 fully saturated rings. The Kier molecular flexibility index (Phi) is 8.86. The molecule has 136 valence electrons. The summed E-state index contributed by atoms with van der Waals surface area (Å²) in [5, 5.41) is 0. The van der Waals surface area contributed by atoms with Gasteiger partial charge in [-0.05, 0) is 44.9 Å². The van der Waals surface area contributed by atoms with Gasteiger partial charge in [0.1, 0.15) is 11.4 Å². The van der Waals surface area contributed by atoms with Gasteiger partial charge in [-0.15, -0.1) is 0 Å². The van der Waals surface area contributed by atoms with Crippen molar-refractivity contribution in [2.75, 3.05) is 13.1 Å². The Morgan fingerprint density at radius 2 is 1.78 bits per heavy atom. The third-order valence-corrected chi connectivity index (χ3v) is 4.40. The van der Waals surface area contributed by atoms with Crippen LogP contribution in [0.5, 0.6) is 0 Å². The summed E-state index contributed by atoms with van der Waals surface area (Å²) >= 11 is 0. The first-order valence-electron chi connectivity index (χ1n) is 9.19. The number of carbonyl (C=O) groups excluding carboxylic acids is 2. The zero-order valence-electron chi connectivity index (χ0n) is 16.5. The fraction of sp³-hybridized carbons (Fsp3) is 0.895. The van der Waals surface area contributed by atoms with Crippen LogP contribution in [-0.2, 0) is 9.53 Å². The Labute approximate surface area is 143 Å². The lowest BCUT2D eigenvalue weighted by molar-refractivity contribution is -0.127. The third kappa shape index (κ3) is 6.52. The van der Waals surface area contributed by atoms with Crippen molar-refractivity contribution in [3.63, 3.8) is 0 Å². The largest absolute Gasteiger partial charge is 0.444 e. The molecule has 2 rings (SSSR count). The highest BCUT2D eigenvalue weighted by molar-refractivity contribution is 5.80. The predicted molar refractivity (Wildman–Crippen MR) is 95.6 cm³/mol. The molecule has 2 atom stereocenters. The number of nitrogens with zero attached hydrogens (tertiary/aromatic N) is 1. The van der Waals surface area contributed by atoms with Crippen molar-refractivity contribution in [3.05, 3.63) is 0 Å². The maximum Gasteiger partial charge on any atom is 0.410 e. The van der Waals surface area contributed by atoms with Crippen LogP contribution in [-0.4, -0.2) is 35.5 Å². The van der Waals surface area contributed by atoms with Crippen LogP contribution in [0.1, 0.15) is 81.1 Å². The van der Waals surface area contributed by atoms with Gasteiger partial charge in [0.05, 0.1) is 0 Å². The SMILES string of the molecule is CC.CC.CC(C)(C)OC(=O)N1CC[C@@]2(C)CC(=O)CC[C@H]2C1. The molecule has 1 saturated heterocycles. The molecule has 1 heterocycles. The van der Waals surface area contributed by atoms with Gasteiger partial charge in [-0.3, -0.25) is 4.79 Å². The van der Waals surface area contributed by atoms with Crippen molar-refractivity contribution in [1.82, 2.24) is 4.90 Å². The number of Topliss-reactive ketones (excluding diaryl/α,β-unsaturated/α-hetero) is 1. The summed E-state index contributed by atoms with van der Waals surface area (Å²) in [5.41, 5.74) is -0.353. The zero-order valence-corrected chi connectivity index (χ0v) is 16.5. The van der Waals surface area contributed by atoms with Gasteiger partial charge in [-0.1, -0.05) is 34.6 Å². The number of hydrogen-bond donors (Lipinski definition) is 0. The maximum atomic E-state index is 12.1. The summed E-state index contributed by atoms with van der Waals surface area (Å²) in [6, 6.07) is 0. The minimum atomic E-state index is -0.444. The Morgan fingerprint density at radius 3 is 2.30 bits per heavy atom. The average molecular weight is 328 g/mol. The highest BCUT2D eigenvalue weighted by atomic mass is 16.6. The molecular weight excluding hydrogens is 290 g/mol. The molecule has 2 aliphatic rings. The Bertz CT molecular complexity index is 387. The van der Waals surface area contributed by atoms with Crippen LogP contribution in [0.3, 0.4) is 0 Å². The Morgan fingerprint density at radius 1 is 1.22 bits per heavy atom. The summed E-state index contributed by atoms with van der Waals surface area (Å²) < 4.78 is 5.43. The normalized spacial score (nSPS) is 26.9. The number of hydrogen-bond acceptors (Lipinski definition) is 3. The molecule has 0 aromatic rings. The van der Waals surface area contributed by atoms with E-state index < -0.39 is 5.60 Å². The van der Waals surface area contributed by atoms with E-state index in [-0.39, 0.29) is 11.5 Å². The van der Waals surface area contributed by atoms with Gasteiger partial charge in [-0.25, -0.2) is 4.79 Å². The lowest BCUT2D eigenvalue weighted by atomic mass is 9.63. The molecule has 1 saturated carbocycles. The average Bonchev–Trinajstić information content (AvgIpc) is 2.48. The molecule has 0 N–H and O–H groups in total. The first kappa shape index (κ1) is 21.9. The summed E-state index contributed by atoms with van der Waals surface area (Å²) in [6.45, 7) is 17.3. The molecule has 4 nitrogen and oxygen atoms in total. The topological polar surface area (TPSA) is 46.6 Å². The quantitative estimate of drug-likeness (QED) is 0.625. The van der Waals surface area contributed by atoms with E-state index in [0.29, 0.717) is 31.1 Å². The second-order valence-corrected chi connectivity index (χ2v) is 7.28. The molecular formula is C19H37NO3. The molecule has 1 amide bonds. The zero-order chi connectivity index (χ0) is 18.3.